The van der Waals surface area contributed by atoms with Gasteiger partial charge in [0.2, 0.25) is 0 Å². The molecule has 0 fully saturated rings. The molecule has 0 aliphatic rings. The molecule has 7 nitrogen and oxygen atoms in total. The van der Waals surface area contributed by atoms with E-state index in [0.29, 0.717) is 22.4 Å². The molecule has 0 aliphatic carbocycles. The summed E-state index contributed by atoms with van der Waals surface area (Å²) in [6.07, 6.45) is -0.587. The summed E-state index contributed by atoms with van der Waals surface area (Å²) in [4.78, 5) is 11.8. The molecule has 1 aromatic heterocycles. The Morgan fingerprint density at radius 1 is 1.32 bits per heavy atom. The Balaban J connectivity index is 2.65. The van der Waals surface area contributed by atoms with Crippen LogP contribution in [0.4, 0.5) is 10.6 Å². The number of aromatic nitrogens is 2. The molecule has 0 saturated carbocycles. The molecule has 2 rings (SSSR count). The highest BCUT2D eigenvalue weighted by molar-refractivity contribution is 5.96. The van der Waals surface area contributed by atoms with Crippen LogP contribution in [0.25, 0.3) is 10.9 Å². The van der Waals surface area contributed by atoms with Gasteiger partial charge in [0.1, 0.15) is 0 Å². The van der Waals surface area contributed by atoms with Crippen LogP contribution in [0.3, 0.4) is 0 Å². The van der Waals surface area contributed by atoms with Gasteiger partial charge in [0.25, 0.3) is 0 Å². The Morgan fingerprint density at radius 3 is 2.53 bits per heavy atom. The van der Waals surface area contributed by atoms with Gasteiger partial charge < -0.3 is 19.9 Å². The van der Waals surface area contributed by atoms with Gasteiger partial charge in [0.05, 0.1) is 26.3 Å². The van der Waals surface area contributed by atoms with E-state index >= 15 is 0 Å². The third kappa shape index (κ3) is 2.14. The van der Waals surface area contributed by atoms with Crippen molar-refractivity contribution in [2.75, 3.05) is 26.6 Å². The zero-order chi connectivity index (χ0) is 14.0. The lowest BCUT2D eigenvalue weighted by atomic mass is 10.2. The molecule has 1 heterocycles. The molecule has 2 aromatic rings. The van der Waals surface area contributed by atoms with Crippen molar-refractivity contribution in [3.05, 3.63) is 12.1 Å². The predicted molar refractivity (Wildman–Crippen MR) is 69.7 cm³/mol. The number of nitrogen functional groups attached to an aromatic ring is 1. The van der Waals surface area contributed by atoms with E-state index in [2.05, 4.69) is 5.10 Å². The molecule has 1 aromatic carbocycles. The van der Waals surface area contributed by atoms with Crippen LogP contribution in [0.1, 0.15) is 6.92 Å². The minimum absolute atomic E-state index is 0.226. The number of hydrogen-bond donors (Lipinski definition) is 1. The number of fused-ring (bicyclic) bond motifs is 1. The normalized spacial score (nSPS) is 10.5. The number of nitrogens with two attached hydrogens (primary N) is 1. The van der Waals surface area contributed by atoms with Crippen molar-refractivity contribution in [1.29, 1.82) is 0 Å². The molecule has 19 heavy (non-hydrogen) atoms. The summed E-state index contributed by atoms with van der Waals surface area (Å²) in [6.45, 7) is 1.98. The fourth-order valence-electron chi connectivity index (χ4n) is 1.79. The van der Waals surface area contributed by atoms with E-state index in [1.807, 2.05) is 0 Å². The van der Waals surface area contributed by atoms with Crippen molar-refractivity contribution < 1.29 is 19.0 Å². The molecular weight excluding hydrogens is 250 g/mol. The molecule has 2 N–H and O–H groups in total. The number of anilines is 1. The SMILES string of the molecule is CCOC(=O)n1nc(N)c2cc(OC)c(OC)cc21. The second kappa shape index (κ2) is 5.05. The van der Waals surface area contributed by atoms with Gasteiger partial charge in [-0.3, -0.25) is 0 Å². The van der Waals surface area contributed by atoms with Crippen molar-refractivity contribution in [2.24, 2.45) is 0 Å². The molecule has 0 atom stereocenters. The molecule has 0 radical (unpaired) electrons. The fourth-order valence-corrected chi connectivity index (χ4v) is 1.79. The number of ether oxygens (including phenoxy) is 3. The Morgan fingerprint density at radius 2 is 1.95 bits per heavy atom. The van der Waals surface area contributed by atoms with E-state index in [1.54, 1.807) is 19.1 Å². The zero-order valence-corrected chi connectivity index (χ0v) is 11.0. The smallest absolute Gasteiger partial charge is 0.435 e. The molecule has 0 unspecified atom stereocenters. The number of methoxy groups -OCH3 is 2. The van der Waals surface area contributed by atoms with E-state index in [0.717, 1.165) is 4.68 Å². The maximum Gasteiger partial charge on any atom is 0.435 e. The van der Waals surface area contributed by atoms with Gasteiger partial charge in [-0.25, -0.2) is 4.79 Å². The fraction of sp³-hybridized carbons (Fsp3) is 0.333. The van der Waals surface area contributed by atoms with Gasteiger partial charge in [-0.2, -0.15) is 4.68 Å². The van der Waals surface area contributed by atoms with E-state index in [9.17, 15) is 4.79 Å². The van der Waals surface area contributed by atoms with Crippen molar-refractivity contribution in [1.82, 2.24) is 9.78 Å². The highest BCUT2D eigenvalue weighted by Gasteiger charge is 2.18. The summed E-state index contributed by atoms with van der Waals surface area (Å²) in [5.41, 5.74) is 6.30. The number of carbonyl (C=O) groups is 1. The van der Waals surface area contributed by atoms with E-state index < -0.39 is 6.09 Å². The van der Waals surface area contributed by atoms with Gasteiger partial charge in [0.15, 0.2) is 17.3 Å². The largest absolute Gasteiger partial charge is 0.493 e. The Bertz CT molecular complexity index is 621. The third-order valence-corrected chi connectivity index (χ3v) is 2.65. The van der Waals surface area contributed by atoms with E-state index in [4.69, 9.17) is 19.9 Å². The average molecular weight is 265 g/mol. The van der Waals surface area contributed by atoms with Gasteiger partial charge >= 0.3 is 6.09 Å². The second-order valence-corrected chi connectivity index (χ2v) is 3.72. The van der Waals surface area contributed by atoms with Gasteiger partial charge in [-0.05, 0) is 13.0 Å². The van der Waals surface area contributed by atoms with Crippen LogP contribution in [0, 0.1) is 0 Å². The lowest BCUT2D eigenvalue weighted by Crippen LogP contribution is -2.15. The number of rotatable bonds is 3. The first-order chi connectivity index (χ1) is 9.12. The van der Waals surface area contributed by atoms with Crippen LogP contribution < -0.4 is 15.2 Å². The average Bonchev–Trinajstić information content (AvgIpc) is 2.74. The lowest BCUT2D eigenvalue weighted by Gasteiger charge is -2.08. The van der Waals surface area contributed by atoms with Crippen molar-refractivity contribution in [3.63, 3.8) is 0 Å². The van der Waals surface area contributed by atoms with Gasteiger partial charge in [-0.1, -0.05) is 0 Å². The maximum absolute atomic E-state index is 11.8. The summed E-state index contributed by atoms with van der Waals surface area (Å²) in [5, 5.41) is 4.57. The summed E-state index contributed by atoms with van der Waals surface area (Å²) in [7, 11) is 3.04. The maximum atomic E-state index is 11.8. The van der Waals surface area contributed by atoms with Crippen LogP contribution in [-0.4, -0.2) is 36.7 Å². The Labute approximate surface area is 109 Å². The zero-order valence-electron chi connectivity index (χ0n) is 11.0. The highest BCUT2D eigenvalue weighted by Crippen LogP contribution is 2.34. The molecule has 0 spiro atoms. The number of carbonyl (C=O) groups excluding carboxylic acids is 1. The van der Waals surface area contributed by atoms with Crippen LogP contribution >= 0.6 is 0 Å². The summed E-state index contributed by atoms with van der Waals surface area (Å²) >= 11 is 0. The van der Waals surface area contributed by atoms with Crippen LogP contribution in [-0.2, 0) is 4.74 Å². The standard InChI is InChI=1S/C12H15N3O4/c1-4-19-12(16)15-8-6-10(18-3)9(17-2)5-7(8)11(13)14-15/h5-6H,4H2,1-3H3,(H2,13,14). The first kappa shape index (κ1) is 13.0. The predicted octanol–water partition coefficient (Wildman–Crippen LogP) is 1.64. The van der Waals surface area contributed by atoms with Gasteiger partial charge in [-0.15, -0.1) is 5.10 Å². The topological polar surface area (TPSA) is 88.6 Å². The summed E-state index contributed by atoms with van der Waals surface area (Å²) in [5.74, 6) is 1.23. The van der Waals surface area contributed by atoms with E-state index in [1.165, 1.54) is 14.2 Å². The van der Waals surface area contributed by atoms with Crippen molar-refractivity contribution >= 4 is 22.8 Å². The van der Waals surface area contributed by atoms with Gasteiger partial charge in [0, 0.05) is 11.5 Å². The molecular formula is C12H15N3O4. The summed E-state index contributed by atoms with van der Waals surface area (Å²) < 4.78 is 16.4. The monoisotopic (exact) mass is 265 g/mol. The number of nitrogens with zero attached hydrogens (tertiary/aromatic N) is 2. The first-order valence-corrected chi connectivity index (χ1v) is 5.69. The molecule has 102 valence electrons. The highest BCUT2D eigenvalue weighted by atomic mass is 16.6. The third-order valence-electron chi connectivity index (χ3n) is 2.65. The molecule has 0 amide bonds. The lowest BCUT2D eigenvalue weighted by molar-refractivity contribution is 0.151. The van der Waals surface area contributed by atoms with Crippen LogP contribution in [0.15, 0.2) is 12.1 Å². The number of hydrogen-bond acceptors (Lipinski definition) is 6. The van der Waals surface area contributed by atoms with Crippen LogP contribution in [0.5, 0.6) is 11.5 Å². The minimum atomic E-state index is -0.587. The van der Waals surface area contributed by atoms with Crippen molar-refractivity contribution in [3.8, 4) is 11.5 Å². The number of benzene rings is 1. The molecule has 7 heteroatoms. The van der Waals surface area contributed by atoms with E-state index in [-0.39, 0.29) is 12.4 Å². The molecule has 0 aliphatic heterocycles. The Kier molecular flexibility index (Phi) is 3.46. The first-order valence-electron chi connectivity index (χ1n) is 5.69. The minimum Gasteiger partial charge on any atom is -0.493 e. The second-order valence-electron chi connectivity index (χ2n) is 3.72. The molecule has 0 bridgehead atoms. The molecule has 0 saturated heterocycles. The van der Waals surface area contributed by atoms with Crippen molar-refractivity contribution in [2.45, 2.75) is 6.92 Å². The Hall–Kier alpha value is -2.44. The summed E-state index contributed by atoms with van der Waals surface area (Å²) in [6, 6.07) is 3.31. The van der Waals surface area contributed by atoms with Crippen LogP contribution in [0.2, 0.25) is 0 Å². The quantitative estimate of drug-likeness (QED) is 0.907.